The molecule has 0 saturated carbocycles. The third-order valence-corrected chi connectivity index (χ3v) is 2.80. The fraction of sp³-hybridized carbons (Fsp3) is 0.462. The van der Waals surface area contributed by atoms with Gasteiger partial charge >= 0.3 is 0 Å². The number of carbonyl (C=O) groups is 1. The SMILES string of the molecule is COc1ccc(C(=O)NCCCCCCl)cc1O. The van der Waals surface area contributed by atoms with Crippen LogP contribution in [0.5, 0.6) is 11.5 Å². The fourth-order valence-corrected chi connectivity index (χ4v) is 1.72. The maximum Gasteiger partial charge on any atom is 0.251 e. The van der Waals surface area contributed by atoms with E-state index in [1.165, 1.54) is 13.2 Å². The Balaban J connectivity index is 2.44. The Hall–Kier alpha value is -1.42. The average molecular weight is 272 g/mol. The lowest BCUT2D eigenvalue weighted by Gasteiger charge is -2.07. The summed E-state index contributed by atoms with van der Waals surface area (Å²) in [5.74, 6) is 0.778. The van der Waals surface area contributed by atoms with E-state index in [2.05, 4.69) is 5.32 Å². The number of hydrogen-bond acceptors (Lipinski definition) is 3. The van der Waals surface area contributed by atoms with Crippen molar-refractivity contribution in [2.45, 2.75) is 19.3 Å². The number of carbonyl (C=O) groups excluding carboxylic acids is 1. The first-order chi connectivity index (χ1) is 8.69. The van der Waals surface area contributed by atoms with E-state index in [0.717, 1.165) is 19.3 Å². The van der Waals surface area contributed by atoms with Crippen LogP contribution in [0.4, 0.5) is 0 Å². The topological polar surface area (TPSA) is 58.6 Å². The summed E-state index contributed by atoms with van der Waals surface area (Å²) >= 11 is 5.56. The summed E-state index contributed by atoms with van der Waals surface area (Å²) in [5.41, 5.74) is 0.422. The molecule has 1 rings (SSSR count). The predicted molar refractivity (Wildman–Crippen MR) is 71.6 cm³/mol. The van der Waals surface area contributed by atoms with Crippen molar-refractivity contribution in [2.75, 3.05) is 19.5 Å². The molecule has 0 heterocycles. The lowest BCUT2D eigenvalue weighted by molar-refractivity contribution is 0.0952. The number of phenolic OH excluding ortho intramolecular Hbond substituents is 1. The van der Waals surface area contributed by atoms with E-state index in [-0.39, 0.29) is 11.7 Å². The number of phenols is 1. The highest BCUT2D eigenvalue weighted by molar-refractivity contribution is 6.17. The van der Waals surface area contributed by atoms with E-state index in [1.54, 1.807) is 12.1 Å². The number of amides is 1. The number of aromatic hydroxyl groups is 1. The monoisotopic (exact) mass is 271 g/mol. The van der Waals surface area contributed by atoms with Crippen molar-refractivity contribution in [2.24, 2.45) is 0 Å². The van der Waals surface area contributed by atoms with Crippen molar-refractivity contribution in [1.82, 2.24) is 5.32 Å². The lowest BCUT2D eigenvalue weighted by Crippen LogP contribution is -2.24. The van der Waals surface area contributed by atoms with Crippen LogP contribution in [-0.2, 0) is 0 Å². The molecule has 2 N–H and O–H groups in total. The van der Waals surface area contributed by atoms with Crippen molar-refractivity contribution in [3.05, 3.63) is 23.8 Å². The van der Waals surface area contributed by atoms with Gasteiger partial charge in [-0.05, 0) is 31.0 Å². The number of methoxy groups -OCH3 is 1. The molecule has 18 heavy (non-hydrogen) atoms. The summed E-state index contributed by atoms with van der Waals surface area (Å²) < 4.78 is 4.91. The Labute approximate surface area is 112 Å². The highest BCUT2D eigenvalue weighted by atomic mass is 35.5. The van der Waals surface area contributed by atoms with Gasteiger partial charge in [0.2, 0.25) is 0 Å². The summed E-state index contributed by atoms with van der Waals surface area (Å²) in [6.45, 7) is 0.614. The molecule has 1 amide bonds. The van der Waals surface area contributed by atoms with Crippen LogP contribution < -0.4 is 10.1 Å². The van der Waals surface area contributed by atoms with E-state index in [9.17, 15) is 9.90 Å². The summed E-state index contributed by atoms with van der Waals surface area (Å²) in [4.78, 5) is 11.7. The standard InChI is InChI=1S/C13H18ClNO3/c1-18-12-6-5-10(9-11(12)16)13(17)15-8-4-2-3-7-14/h5-6,9,16H,2-4,7-8H2,1H3,(H,15,17). The van der Waals surface area contributed by atoms with Crippen molar-refractivity contribution in [1.29, 1.82) is 0 Å². The Kier molecular flexibility index (Phi) is 6.36. The Morgan fingerprint density at radius 3 is 2.78 bits per heavy atom. The molecule has 0 aliphatic heterocycles. The van der Waals surface area contributed by atoms with Gasteiger partial charge in [-0.2, -0.15) is 0 Å². The van der Waals surface area contributed by atoms with Crippen LogP contribution in [0, 0.1) is 0 Å². The van der Waals surface area contributed by atoms with Crippen LogP contribution in [0.2, 0.25) is 0 Å². The number of hydrogen-bond donors (Lipinski definition) is 2. The molecule has 1 aromatic rings. The average Bonchev–Trinajstić information content (AvgIpc) is 2.38. The Bertz CT molecular complexity index is 396. The number of unbranched alkanes of at least 4 members (excludes halogenated alkanes) is 2. The van der Waals surface area contributed by atoms with Crippen molar-refractivity contribution in [3.8, 4) is 11.5 Å². The zero-order valence-electron chi connectivity index (χ0n) is 10.4. The number of halogens is 1. The van der Waals surface area contributed by atoms with Crippen molar-refractivity contribution >= 4 is 17.5 Å². The third kappa shape index (κ3) is 4.45. The second-order valence-corrected chi connectivity index (χ2v) is 4.27. The van der Waals surface area contributed by atoms with Crippen molar-refractivity contribution < 1.29 is 14.6 Å². The number of ether oxygens (including phenoxy) is 1. The molecule has 0 spiro atoms. The zero-order chi connectivity index (χ0) is 13.4. The summed E-state index contributed by atoms with van der Waals surface area (Å²) in [7, 11) is 1.46. The molecule has 0 bridgehead atoms. The molecule has 0 fully saturated rings. The molecule has 0 aliphatic rings. The molecular formula is C13H18ClNO3. The van der Waals surface area contributed by atoms with E-state index in [1.807, 2.05) is 0 Å². The fourth-order valence-electron chi connectivity index (χ4n) is 1.53. The quantitative estimate of drug-likeness (QED) is 0.592. The summed E-state index contributed by atoms with van der Waals surface area (Å²) in [6, 6.07) is 4.58. The number of benzene rings is 1. The van der Waals surface area contributed by atoms with Crippen molar-refractivity contribution in [3.63, 3.8) is 0 Å². The largest absolute Gasteiger partial charge is 0.504 e. The summed E-state index contributed by atoms with van der Waals surface area (Å²) in [6.07, 6.45) is 2.86. The lowest BCUT2D eigenvalue weighted by atomic mass is 10.2. The van der Waals surface area contributed by atoms with E-state index < -0.39 is 0 Å². The van der Waals surface area contributed by atoms with Gasteiger partial charge in [0.25, 0.3) is 5.91 Å². The molecule has 0 atom stereocenters. The number of nitrogens with one attached hydrogen (secondary N) is 1. The van der Waals surface area contributed by atoms with Crippen LogP contribution in [0.1, 0.15) is 29.6 Å². The van der Waals surface area contributed by atoms with Gasteiger partial charge in [-0.1, -0.05) is 6.42 Å². The number of alkyl halides is 1. The van der Waals surface area contributed by atoms with Gasteiger partial charge in [-0.3, -0.25) is 4.79 Å². The molecule has 100 valence electrons. The van der Waals surface area contributed by atoms with Crippen LogP contribution in [-0.4, -0.2) is 30.5 Å². The van der Waals surface area contributed by atoms with Gasteiger partial charge in [0.15, 0.2) is 11.5 Å². The maximum atomic E-state index is 11.7. The third-order valence-electron chi connectivity index (χ3n) is 2.54. The Morgan fingerprint density at radius 1 is 1.39 bits per heavy atom. The minimum atomic E-state index is -0.196. The first-order valence-electron chi connectivity index (χ1n) is 5.90. The molecule has 0 radical (unpaired) electrons. The molecule has 0 aromatic heterocycles. The number of rotatable bonds is 7. The first-order valence-corrected chi connectivity index (χ1v) is 6.43. The molecule has 4 nitrogen and oxygen atoms in total. The minimum Gasteiger partial charge on any atom is -0.504 e. The molecule has 0 saturated heterocycles. The zero-order valence-corrected chi connectivity index (χ0v) is 11.2. The van der Waals surface area contributed by atoms with Crippen LogP contribution >= 0.6 is 11.6 Å². The Morgan fingerprint density at radius 2 is 2.17 bits per heavy atom. The van der Waals surface area contributed by atoms with E-state index in [0.29, 0.717) is 23.7 Å². The molecule has 0 unspecified atom stereocenters. The van der Waals surface area contributed by atoms with E-state index in [4.69, 9.17) is 16.3 Å². The predicted octanol–water partition coefficient (Wildman–Crippen LogP) is 2.54. The molecule has 5 heteroatoms. The highest BCUT2D eigenvalue weighted by Crippen LogP contribution is 2.25. The molecular weight excluding hydrogens is 254 g/mol. The van der Waals surface area contributed by atoms with Gasteiger partial charge < -0.3 is 15.2 Å². The normalized spacial score (nSPS) is 10.1. The highest BCUT2D eigenvalue weighted by Gasteiger charge is 2.08. The first kappa shape index (κ1) is 14.6. The minimum absolute atomic E-state index is 0.0349. The maximum absolute atomic E-state index is 11.7. The molecule has 0 aliphatic carbocycles. The van der Waals surface area contributed by atoms with Gasteiger partial charge in [0, 0.05) is 18.0 Å². The second-order valence-electron chi connectivity index (χ2n) is 3.89. The van der Waals surface area contributed by atoms with E-state index >= 15 is 0 Å². The van der Waals surface area contributed by atoms with Gasteiger partial charge in [0.05, 0.1) is 7.11 Å². The van der Waals surface area contributed by atoms with Crippen LogP contribution in [0.3, 0.4) is 0 Å². The second kappa shape index (κ2) is 7.82. The van der Waals surface area contributed by atoms with Crippen LogP contribution in [0.15, 0.2) is 18.2 Å². The van der Waals surface area contributed by atoms with Gasteiger partial charge in [-0.25, -0.2) is 0 Å². The summed E-state index contributed by atoms with van der Waals surface area (Å²) in [5, 5.41) is 12.4. The van der Waals surface area contributed by atoms with Crippen LogP contribution in [0.25, 0.3) is 0 Å². The molecule has 1 aromatic carbocycles. The smallest absolute Gasteiger partial charge is 0.251 e. The van der Waals surface area contributed by atoms with Gasteiger partial charge in [0.1, 0.15) is 0 Å². The van der Waals surface area contributed by atoms with Gasteiger partial charge in [-0.15, -0.1) is 11.6 Å².